The molecule has 1 heterocycles. The third-order valence-electron chi connectivity index (χ3n) is 4.05. The van der Waals surface area contributed by atoms with Gasteiger partial charge in [0.25, 0.3) is 0 Å². The van der Waals surface area contributed by atoms with Gasteiger partial charge in [0.05, 0.1) is 5.02 Å². The van der Waals surface area contributed by atoms with Crippen LogP contribution in [-0.4, -0.2) is 26.2 Å². The SMILES string of the molecule is CN=C(NCc1cc(Cl)c2c(c1)OCCO2)NCc1ccccc1C.I. The molecule has 1 aliphatic heterocycles. The number of fused-ring (bicyclic) bond motifs is 1. The lowest BCUT2D eigenvalue weighted by molar-refractivity contribution is 0.171. The highest BCUT2D eigenvalue weighted by Crippen LogP contribution is 2.38. The molecule has 0 radical (unpaired) electrons. The fourth-order valence-corrected chi connectivity index (χ4v) is 2.95. The van der Waals surface area contributed by atoms with E-state index in [2.05, 4.69) is 34.7 Å². The van der Waals surface area contributed by atoms with Gasteiger partial charge in [-0.3, -0.25) is 4.99 Å². The lowest BCUT2D eigenvalue weighted by atomic mass is 10.1. The second kappa shape index (κ2) is 9.87. The van der Waals surface area contributed by atoms with Crippen LogP contribution in [0.4, 0.5) is 0 Å². The first-order valence-corrected chi connectivity index (χ1v) is 8.62. The van der Waals surface area contributed by atoms with Gasteiger partial charge >= 0.3 is 0 Å². The lowest BCUT2D eigenvalue weighted by Gasteiger charge is -2.20. The Morgan fingerprint density at radius 3 is 2.62 bits per heavy atom. The Kier molecular flexibility index (Phi) is 7.84. The fourth-order valence-electron chi connectivity index (χ4n) is 2.66. The largest absolute Gasteiger partial charge is 0.486 e. The van der Waals surface area contributed by atoms with Gasteiger partial charge in [-0.1, -0.05) is 35.9 Å². The van der Waals surface area contributed by atoms with Crippen molar-refractivity contribution in [3.05, 3.63) is 58.1 Å². The van der Waals surface area contributed by atoms with Crippen LogP contribution in [0.15, 0.2) is 41.4 Å². The predicted octanol–water partition coefficient (Wildman–Crippen LogP) is 3.90. The molecule has 3 rings (SSSR count). The van der Waals surface area contributed by atoms with Gasteiger partial charge in [-0.25, -0.2) is 0 Å². The van der Waals surface area contributed by atoms with Crippen LogP contribution in [0.3, 0.4) is 0 Å². The average molecular weight is 488 g/mol. The van der Waals surface area contributed by atoms with Gasteiger partial charge in [-0.15, -0.1) is 24.0 Å². The van der Waals surface area contributed by atoms with Gasteiger partial charge in [0, 0.05) is 20.1 Å². The third-order valence-corrected chi connectivity index (χ3v) is 4.33. The first-order chi connectivity index (χ1) is 12.2. The van der Waals surface area contributed by atoms with E-state index < -0.39 is 0 Å². The summed E-state index contributed by atoms with van der Waals surface area (Å²) in [7, 11) is 1.75. The van der Waals surface area contributed by atoms with Gasteiger partial charge in [0.2, 0.25) is 0 Å². The normalized spacial score (nSPS) is 13.0. The molecule has 140 valence electrons. The van der Waals surface area contributed by atoms with Crippen LogP contribution < -0.4 is 20.1 Å². The molecule has 2 N–H and O–H groups in total. The van der Waals surface area contributed by atoms with E-state index in [9.17, 15) is 0 Å². The first-order valence-electron chi connectivity index (χ1n) is 8.24. The maximum atomic E-state index is 6.28. The molecule has 2 aromatic rings. The number of nitrogens with one attached hydrogen (secondary N) is 2. The average Bonchev–Trinajstić information content (AvgIpc) is 2.63. The van der Waals surface area contributed by atoms with Crippen LogP contribution in [0.5, 0.6) is 11.5 Å². The van der Waals surface area contributed by atoms with E-state index in [0.29, 0.717) is 42.8 Å². The van der Waals surface area contributed by atoms with Crippen LogP contribution >= 0.6 is 35.6 Å². The first kappa shape index (κ1) is 20.6. The molecule has 0 bridgehead atoms. The van der Waals surface area contributed by atoms with Gasteiger partial charge in [0.1, 0.15) is 13.2 Å². The number of aryl methyl sites for hydroxylation is 1. The maximum Gasteiger partial charge on any atom is 0.191 e. The summed E-state index contributed by atoms with van der Waals surface area (Å²) < 4.78 is 11.2. The molecule has 0 saturated heterocycles. The molecule has 7 heteroatoms. The molecule has 2 aromatic carbocycles. The van der Waals surface area contributed by atoms with Crippen molar-refractivity contribution in [1.29, 1.82) is 0 Å². The van der Waals surface area contributed by atoms with E-state index in [1.165, 1.54) is 11.1 Å². The quantitative estimate of drug-likeness (QED) is 0.390. The van der Waals surface area contributed by atoms with Crippen molar-refractivity contribution in [2.45, 2.75) is 20.0 Å². The van der Waals surface area contributed by atoms with Crippen molar-refractivity contribution in [3.8, 4) is 11.5 Å². The molecule has 0 unspecified atom stereocenters. The van der Waals surface area contributed by atoms with E-state index >= 15 is 0 Å². The number of benzene rings is 2. The summed E-state index contributed by atoms with van der Waals surface area (Å²) in [6.07, 6.45) is 0. The van der Waals surface area contributed by atoms with Crippen LogP contribution in [0, 0.1) is 6.92 Å². The number of rotatable bonds is 4. The standard InChI is InChI=1S/C19H22ClN3O2.HI/c1-13-5-3-4-6-15(13)12-23-19(21-2)22-11-14-9-16(20)18-17(10-14)24-7-8-25-18;/h3-6,9-10H,7-8,11-12H2,1-2H3,(H2,21,22,23);1H. The Bertz CT molecular complexity index is 783. The second-order valence-electron chi connectivity index (χ2n) is 5.81. The molecular formula is C19H23ClIN3O2. The summed E-state index contributed by atoms with van der Waals surface area (Å²) in [5.41, 5.74) is 3.50. The summed E-state index contributed by atoms with van der Waals surface area (Å²) in [6.45, 7) is 4.47. The topological polar surface area (TPSA) is 54.9 Å². The Hall–Kier alpha value is -1.67. The van der Waals surface area contributed by atoms with Crippen molar-refractivity contribution >= 4 is 41.5 Å². The second-order valence-corrected chi connectivity index (χ2v) is 6.21. The van der Waals surface area contributed by atoms with Crippen molar-refractivity contribution in [3.63, 3.8) is 0 Å². The Morgan fingerprint density at radius 1 is 1.12 bits per heavy atom. The summed E-state index contributed by atoms with van der Waals surface area (Å²) >= 11 is 6.28. The van der Waals surface area contributed by atoms with Crippen molar-refractivity contribution < 1.29 is 9.47 Å². The number of aliphatic imine (C=N–C) groups is 1. The number of ether oxygens (including phenoxy) is 2. The summed E-state index contributed by atoms with van der Waals surface area (Å²) in [5, 5.41) is 7.18. The minimum absolute atomic E-state index is 0. The van der Waals surface area contributed by atoms with E-state index in [1.807, 2.05) is 24.3 Å². The molecule has 5 nitrogen and oxygen atoms in total. The van der Waals surface area contributed by atoms with Gasteiger partial charge < -0.3 is 20.1 Å². The monoisotopic (exact) mass is 487 g/mol. The van der Waals surface area contributed by atoms with Gasteiger partial charge in [-0.05, 0) is 35.7 Å². The highest BCUT2D eigenvalue weighted by Gasteiger charge is 2.16. The van der Waals surface area contributed by atoms with E-state index in [4.69, 9.17) is 21.1 Å². The molecule has 0 saturated carbocycles. The van der Waals surface area contributed by atoms with Crippen molar-refractivity contribution in [1.82, 2.24) is 10.6 Å². The Balaban J connectivity index is 0.00000243. The Morgan fingerprint density at radius 2 is 1.85 bits per heavy atom. The van der Waals surface area contributed by atoms with E-state index in [-0.39, 0.29) is 24.0 Å². The summed E-state index contributed by atoms with van der Waals surface area (Å²) in [5.74, 6) is 2.05. The highest BCUT2D eigenvalue weighted by atomic mass is 127. The van der Waals surface area contributed by atoms with Crippen molar-refractivity contribution in [2.24, 2.45) is 4.99 Å². The fraction of sp³-hybridized carbons (Fsp3) is 0.316. The maximum absolute atomic E-state index is 6.28. The zero-order valence-electron chi connectivity index (χ0n) is 14.8. The summed E-state index contributed by atoms with van der Waals surface area (Å²) in [6, 6.07) is 12.1. The zero-order valence-corrected chi connectivity index (χ0v) is 17.9. The number of halogens is 2. The zero-order chi connectivity index (χ0) is 17.6. The molecule has 0 aliphatic carbocycles. The number of nitrogens with zero attached hydrogens (tertiary/aromatic N) is 1. The molecule has 0 spiro atoms. The number of guanidine groups is 1. The van der Waals surface area contributed by atoms with Crippen LogP contribution in [-0.2, 0) is 13.1 Å². The summed E-state index contributed by atoms with van der Waals surface area (Å²) in [4.78, 5) is 4.26. The minimum Gasteiger partial charge on any atom is -0.486 e. The molecule has 0 atom stereocenters. The van der Waals surface area contributed by atoms with Gasteiger partial charge in [0.15, 0.2) is 17.5 Å². The number of hydrogen-bond donors (Lipinski definition) is 2. The smallest absolute Gasteiger partial charge is 0.191 e. The molecule has 0 amide bonds. The predicted molar refractivity (Wildman–Crippen MR) is 116 cm³/mol. The highest BCUT2D eigenvalue weighted by molar-refractivity contribution is 14.0. The van der Waals surface area contributed by atoms with Gasteiger partial charge in [-0.2, -0.15) is 0 Å². The van der Waals surface area contributed by atoms with Crippen LogP contribution in [0.25, 0.3) is 0 Å². The molecule has 0 fully saturated rings. The minimum atomic E-state index is 0. The van der Waals surface area contributed by atoms with E-state index in [1.54, 1.807) is 7.05 Å². The number of hydrogen-bond acceptors (Lipinski definition) is 3. The molecule has 26 heavy (non-hydrogen) atoms. The molecule has 0 aromatic heterocycles. The van der Waals surface area contributed by atoms with Crippen LogP contribution in [0.2, 0.25) is 5.02 Å². The lowest BCUT2D eigenvalue weighted by Crippen LogP contribution is -2.36. The molecular weight excluding hydrogens is 465 g/mol. The third kappa shape index (κ3) is 5.17. The van der Waals surface area contributed by atoms with Crippen LogP contribution in [0.1, 0.15) is 16.7 Å². The Labute approximate surface area is 176 Å². The van der Waals surface area contributed by atoms with E-state index in [0.717, 1.165) is 11.5 Å². The molecule has 1 aliphatic rings. The van der Waals surface area contributed by atoms with Crippen molar-refractivity contribution in [2.75, 3.05) is 20.3 Å².